The molecular formula is C12H21N3O3. The average molecular weight is 255 g/mol. The lowest BCUT2D eigenvalue weighted by Crippen LogP contribution is -2.37. The molecule has 0 aliphatic carbocycles. The number of rotatable bonds is 7. The molecule has 0 bridgehead atoms. The van der Waals surface area contributed by atoms with Crippen LogP contribution in [0, 0.1) is 0 Å². The third-order valence-corrected chi connectivity index (χ3v) is 2.66. The van der Waals surface area contributed by atoms with Gasteiger partial charge >= 0.3 is 0 Å². The van der Waals surface area contributed by atoms with E-state index >= 15 is 0 Å². The van der Waals surface area contributed by atoms with E-state index in [1.54, 1.807) is 43.0 Å². The van der Waals surface area contributed by atoms with Crippen molar-refractivity contribution < 1.29 is 14.3 Å². The van der Waals surface area contributed by atoms with Crippen molar-refractivity contribution in [2.75, 3.05) is 46.3 Å². The third kappa shape index (κ3) is 3.75. The Hall–Kier alpha value is -1.53. The van der Waals surface area contributed by atoms with Gasteiger partial charge in [-0.2, -0.15) is 0 Å². The maximum atomic E-state index is 12.3. The summed E-state index contributed by atoms with van der Waals surface area (Å²) in [6.07, 6.45) is 1.72. The molecule has 1 heterocycles. The molecule has 0 radical (unpaired) electrons. The normalized spacial score (nSPS) is 10.6. The summed E-state index contributed by atoms with van der Waals surface area (Å²) in [6, 6.07) is 1.68. The molecule has 1 rings (SSSR count). The molecule has 2 N–H and O–H groups in total. The largest absolute Gasteiger partial charge is 0.397 e. The Balaban J connectivity index is 2.77. The second-order valence-corrected chi connectivity index (χ2v) is 4.05. The van der Waals surface area contributed by atoms with Gasteiger partial charge in [-0.25, -0.2) is 0 Å². The molecule has 0 saturated carbocycles. The van der Waals surface area contributed by atoms with E-state index in [1.165, 1.54) is 0 Å². The smallest absolute Gasteiger partial charge is 0.270 e. The highest BCUT2D eigenvalue weighted by atomic mass is 16.5. The van der Waals surface area contributed by atoms with Gasteiger partial charge in [-0.1, -0.05) is 0 Å². The van der Waals surface area contributed by atoms with Gasteiger partial charge < -0.3 is 24.7 Å². The van der Waals surface area contributed by atoms with Crippen LogP contribution in [-0.2, 0) is 16.5 Å². The zero-order valence-electron chi connectivity index (χ0n) is 11.2. The van der Waals surface area contributed by atoms with Crippen molar-refractivity contribution in [2.24, 2.45) is 7.05 Å². The fraction of sp³-hybridized carbons (Fsp3) is 0.583. The van der Waals surface area contributed by atoms with Crippen LogP contribution in [0.2, 0.25) is 0 Å². The Kier molecular flexibility index (Phi) is 5.67. The van der Waals surface area contributed by atoms with Crippen LogP contribution in [0.15, 0.2) is 12.3 Å². The van der Waals surface area contributed by atoms with Gasteiger partial charge in [0.05, 0.1) is 18.9 Å². The van der Waals surface area contributed by atoms with Crippen molar-refractivity contribution >= 4 is 11.6 Å². The summed E-state index contributed by atoms with van der Waals surface area (Å²) in [7, 11) is 5.02. The number of hydrogen-bond acceptors (Lipinski definition) is 4. The maximum Gasteiger partial charge on any atom is 0.270 e. The fourth-order valence-electron chi connectivity index (χ4n) is 1.68. The van der Waals surface area contributed by atoms with Crippen LogP contribution < -0.4 is 5.73 Å². The second kappa shape index (κ2) is 7.03. The summed E-state index contributed by atoms with van der Waals surface area (Å²) in [5.41, 5.74) is 6.83. The molecule has 0 aliphatic heterocycles. The number of carbonyl (C=O) groups is 1. The van der Waals surface area contributed by atoms with E-state index in [4.69, 9.17) is 15.2 Å². The molecule has 6 heteroatoms. The Bertz CT molecular complexity index is 382. The van der Waals surface area contributed by atoms with Gasteiger partial charge in [-0.05, 0) is 6.07 Å². The first-order valence-electron chi connectivity index (χ1n) is 5.79. The predicted molar refractivity (Wildman–Crippen MR) is 69.5 cm³/mol. The number of aromatic nitrogens is 1. The lowest BCUT2D eigenvalue weighted by atomic mass is 10.3. The summed E-state index contributed by atoms with van der Waals surface area (Å²) in [5, 5.41) is 0. The number of anilines is 1. The van der Waals surface area contributed by atoms with Gasteiger partial charge in [-0.15, -0.1) is 0 Å². The van der Waals surface area contributed by atoms with E-state index in [2.05, 4.69) is 0 Å². The number of amides is 1. The van der Waals surface area contributed by atoms with Crippen molar-refractivity contribution in [2.45, 2.75) is 0 Å². The SMILES string of the molecule is COCCN(CCOC)C(=O)c1cc(N)cn1C. The molecule has 18 heavy (non-hydrogen) atoms. The lowest BCUT2D eigenvalue weighted by molar-refractivity contribution is 0.0618. The zero-order valence-corrected chi connectivity index (χ0v) is 11.2. The molecule has 102 valence electrons. The molecule has 0 fully saturated rings. The van der Waals surface area contributed by atoms with Crippen molar-refractivity contribution in [3.63, 3.8) is 0 Å². The number of nitrogens with zero attached hydrogens (tertiary/aromatic N) is 2. The highest BCUT2D eigenvalue weighted by molar-refractivity contribution is 5.93. The lowest BCUT2D eigenvalue weighted by Gasteiger charge is -2.22. The monoisotopic (exact) mass is 255 g/mol. The molecule has 6 nitrogen and oxygen atoms in total. The van der Waals surface area contributed by atoms with Crippen molar-refractivity contribution in [1.29, 1.82) is 0 Å². The van der Waals surface area contributed by atoms with Crippen LogP contribution in [0.5, 0.6) is 0 Å². The van der Waals surface area contributed by atoms with Crippen LogP contribution >= 0.6 is 0 Å². The Morgan fingerprint density at radius 2 is 1.89 bits per heavy atom. The van der Waals surface area contributed by atoms with E-state index in [0.717, 1.165) is 0 Å². The highest BCUT2D eigenvalue weighted by Crippen LogP contribution is 2.11. The molecule has 0 aliphatic rings. The van der Waals surface area contributed by atoms with Gasteiger partial charge in [-0.3, -0.25) is 4.79 Å². The fourth-order valence-corrected chi connectivity index (χ4v) is 1.68. The van der Waals surface area contributed by atoms with E-state index in [9.17, 15) is 4.79 Å². The van der Waals surface area contributed by atoms with Crippen molar-refractivity contribution in [3.05, 3.63) is 18.0 Å². The van der Waals surface area contributed by atoms with Crippen molar-refractivity contribution in [3.8, 4) is 0 Å². The Labute approximate surface area is 107 Å². The number of carbonyl (C=O) groups excluding carboxylic acids is 1. The van der Waals surface area contributed by atoms with Gasteiger partial charge in [0.15, 0.2) is 0 Å². The minimum absolute atomic E-state index is 0.0664. The number of nitrogens with two attached hydrogens (primary N) is 1. The summed E-state index contributed by atoms with van der Waals surface area (Å²) >= 11 is 0. The first-order valence-corrected chi connectivity index (χ1v) is 5.79. The van der Waals surface area contributed by atoms with Gasteiger partial charge in [0.1, 0.15) is 5.69 Å². The predicted octanol–water partition coefficient (Wildman–Crippen LogP) is 0.342. The minimum atomic E-state index is -0.0664. The number of nitrogen functional groups attached to an aromatic ring is 1. The van der Waals surface area contributed by atoms with Crippen LogP contribution in [0.1, 0.15) is 10.5 Å². The number of hydrogen-bond donors (Lipinski definition) is 1. The molecule has 1 amide bonds. The van der Waals surface area contributed by atoms with Crippen LogP contribution in [0.3, 0.4) is 0 Å². The topological polar surface area (TPSA) is 69.7 Å². The highest BCUT2D eigenvalue weighted by Gasteiger charge is 2.18. The van der Waals surface area contributed by atoms with Gasteiger partial charge in [0.25, 0.3) is 5.91 Å². The van der Waals surface area contributed by atoms with Gasteiger partial charge in [0, 0.05) is 40.6 Å². The van der Waals surface area contributed by atoms with E-state index in [0.29, 0.717) is 37.7 Å². The standard InChI is InChI=1S/C12H21N3O3/c1-14-9-10(13)8-11(14)12(16)15(4-6-17-2)5-7-18-3/h8-9H,4-7,13H2,1-3H3. The zero-order chi connectivity index (χ0) is 13.5. The summed E-state index contributed by atoms with van der Waals surface area (Å²) < 4.78 is 11.7. The molecule has 1 aromatic rings. The van der Waals surface area contributed by atoms with Crippen LogP contribution in [0.4, 0.5) is 5.69 Å². The van der Waals surface area contributed by atoms with Crippen LogP contribution in [0.25, 0.3) is 0 Å². The summed E-state index contributed by atoms with van der Waals surface area (Å²) in [5.74, 6) is -0.0664. The molecule has 1 aromatic heterocycles. The Morgan fingerprint density at radius 1 is 1.33 bits per heavy atom. The minimum Gasteiger partial charge on any atom is -0.397 e. The molecule has 0 unspecified atom stereocenters. The quantitative estimate of drug-likeness (QED) is 0.763. The van der Waals surface area contributed by atoms with E-state index in [1.807, 2.05) is 0 Å². The summed E-state index contributed by atoms with van der Waals surface area (Å²) in [4.78, 5) is 14.0. The third-order valence-electron chi connectivity index (χ3n) is 2.66. The second-order valence-electron chi connectivity index (χ2n) is 4.05. The van der Waals surface area contributed by atoms with Crippen LogP contribution in [-0.4, -0.2) is 55.9 Å². The maximum absolute atomic E-state index is 12.3. The first kappa shape index (κ1) is 14.5. The summed E-state index contributed by atoms with van der Waals surface area (Å²) in [6.45, 7) is 2.05. The van der Waals surface area contributed by atoms with E-state index in [-0.39, 0.29) is 5.91 Å². The number of methoxy groups -OCH3 is 2. The molecule has 0 spiro atoms. The molecule has 0 saturated heterocycles. The average Bonchev–Trinajstić information content (AvgIpc) is 2.68. The molecular weight excluding hydrogens is 234 g/mol. The van der Waals surface area contributed by atoms with Crippen molar-refractivity contribution in [1.82, 2.24) is 9.47 Å². The number of ether oxygens (including phenoxy) is 2. The molecule has 0 atom stereocenters. The van der Waals surface area contributed by atoms with Gasteiger partial charge in [0.2, 0.25) is 0 Å². The number of aryl methyl sites for hydroxylation is 1. The molecule has 0 aromatic carbocycles. The van der Waals surface area contributed by atoms with E-state index < -0.39 is 0 Å². The first-order chi connectivity index (χ1) is 8.60. The Morgan fingerprint density at radius 3 is 2.28 bits per heavy atom.